The molecule has 2 N–H and O–H groups in total. The van der Waals surface area contributed by atoms with Gasteiger partial charge in [0, 0.05) is 24.9 Å². The molecular weight excluding hydrogens is 234 g/mol. The second kappa shape index (κ2) is 5.60. The first-order valence-corrected chi connectivity index (χ1v) is 6.94. The second-order valence-electron chi connectivity index (χ2n) is 4.64. The fourth-order valence-corrected chi connectivity index (χ4v) is 2.78. The summed E-state index contributed by atoms with van der Waals surface area (Å²) in [6.45, 7) is 6.56. The lowest BCUT2D eigenvalue weighted by Gasteiger charge is -2.13. The van der Waals surface area contributed by atoms with Crippen LogP contribution in [0.3, 0.4) is 0 Å². The molecule has 1 fully saturated rings. The van der Waals surface area contributed by atoms with Crippen molar-refractivity contribution in [2.75, 3.05) is 19.6 Å². The van der Waals surface area contributed by atoms with Gasteiger partial charge in [-0.3, -0.25) is 4.79 Å². The quantitative estimate of drug-likeness (QED) is 0.840. The third-order valence-electron chi connectivity index (χ3n) is 3.20. The third-order valence-corrected chi connectivity index (χ3v) is 4.02. The van der Waals surface area contributed by atoms with Crippen LogP contribution in [0.15, 0.2) is 5.38 Å². The number of carbonyl (C=O) groups is 1. The summed E-state index contributed by atoms with van der Waals surface area (Å²) in [5.41, 5.74) is 1.07. The number of nitrogens with one attached hydrogen (secondary N) is 2. The Morgan fingerprint density at radius 3 is 3.06 bits per heavy atom. The lowest BCUT2D eigenvalue weighted by atomic mass is 9.97. The smallest absolute Gasteiger partial charge is 0.224 e. The molecule has 2 rings (SSSR count). The Morgan fingerprint density at radius 1 is 1.65 bits per heavy atom. The van der Waals surface area contributed by atoms with Crippen LogP contribution in [0.25, 0.3) is 0 Å². The van der Waals surface area contributed by atoms with Gasteiger partial charge < -0.3 is 10.6 Å². The number of thiazole rings is 1. The summed E-state index contributed by atoms with van der Waals surface area (Å²) in [6.07, 6.45) is 0.824. The van der Waals surface area contributed by atoms with E-state index in [2.05, 4.69) is 27.9 Å². The molecule has 0 aromatic carbocycles. The SMILES string of the molecule is Cc1nc(CCNC(=O)[C@@H]2CNC[C@H]2C)cs1. The van der Waals surface area contributed by atoms with Crippen LogP contribution in [0.1, 0.15) is 17.6 Å². The van der Waals surface area contributed by atoms with E-state index in [1.165, 1.54) is 0 Å². The number of rotatable bonds is 4. The summed E-state index contributed by atoms with van der Waals surface area (Å²) < 4.78 is 0. The third kappa shape index (κ3) is 3.26. The number of amides is 1. The van der Waals surface area contributed by atoms with Crippen molar-refractivity contribution < 1.29 is 4.79 Å². The number of aromatic nitrogens is 1. The van der Waals surface area contributed by atoms with Crippen molar-refractivity contribution in [3.8, 4) is 0 Å². The van der Waals surface area contributed by atoms with E-state index in [0.717, 1.165) is 30.2 Å². The summed E-state index contributed by atoms with van der Waals surface area (Å²) in [5, 5.41) is 9.38. The van der Waals surface area contributed by atoms with E-state index in [-0.39, 0.29) is 11.8 Å². The van der Waals surface area contributed by atoms with Crippen molar-refractivity contribution in [1.82, 2.24) is 15.6 Å². The maximum atomic E-state index is 11.9. The van der Waals surface area contributed by atoms with Gasteiger partial charge in [-0.05, 0) is 19.4 Å². The van der Waals surface area contributed by atoms with Crippen LogP contribution in [-0.4, -0.2) is 30.5 Å². The van der Waals surface area contributed by atoms with Crippen LogP contribution in [0.4, 0.5) is 0 Å². The van der Waals surface area contributed by atoms with Gasteiger partial charge in [0.2, 0.25) is 5.91 Å². The van der Waals surface area contributed by atoms with Gasteiger partial charge >= 0.3 is 0 Å². The normalized spacial score (nSPS) is 23.9. The van der Waals surface area contributed by atoms with Crippen LogP contribution in [-0.2, 0) is 11.2 Å². The number of hydrogen-bond donors (Lipinski definition) is 2. The molecule has 0 aliphatic carbocycles. The van der Waals surface area contributed by atoms with Crippen molar-refractivity contribution in [2.45, 2.75) is 20.3 Å². The minimum absolute atomic E-state index is 0.132. The predicted molar refractivity (Wildman–Crippen MR) is 69.1 cm³/mol. The zero-order valence-corrected chi connectivity index (χ0v) is 11.1. The predicted octanol–water partition coefficient (Wildman–Crippen LogP) is 0.966. The Balaban J connectivity index is 1.73. The van der Waals surface area contributed by atoms with Crippen LogP contribution in [0.2, 0.25) is 0 Å². The highest BCUT2D eigenvalue weighted by molar-refractivity contribution is 7.09. The van der Waals surface area contributed by atoms with Crippen LogP contribution >= 0.6 is 11.3 Å². The molecule has 2 heterocycles. The van der Waals surface area contributed by atoms with Crippen molar-refractivity contribution in [3.63, 3.8) is 0 Å². The van der Waals surface area contributed by atoms with Gasteiger partial charge in [0.15, 0.2) is 0 Å². The molecule has 1 aliphatic heterocycles. The standard InChI is InChI=1S/C12H19N3OS/c1-8-5-13-6-11(8)12(16)14-4-3-10-7-17-9(2)15-10/h7-8,11,13H,3-6H2,1-2H3,(H,14,16)/t8-,11-/m1/s1. The minimum atomic E-state index is 0.132. The van der Waals surface area contributed by atoms with E-state index in [1.807, 2.05) is 6.92 Å². The van der Waals surface area contributed by atoms with E-state index in [0.29, 0.717) is 12.5 Å². The molecule has 5 heteroatoms. The number of hydrogen-bond acceptors (Lipinski definition) is 4. The Bertz CT molecular complexity index is 391. The molecule has 1 aliphatic rings. The first kappa shape index (κ1) is 12.5. The summed E-state index contributed by atoms with van der Waals surface area (Å²) in [7, 11) is 0. The number of carbonyl (C=O) groups excluding carboxylic acids is 1. The fourth-order valence-electron chi connectivity index (χ4n) is 2.13. The maximum absolute atomic E-state index is 11.9. The summed E-state index contributed by atoms with van der Waals surface area (Å²) in [4.78, 5) is 16.3. The monoisotopic (exact) mass is 253 g/mol. The zero-order valence-electron chi connectivity index (χ0n) is 10.3. The molecule has 2 atom stereocenters. The molecular formula is C12H19N3OS. The first-order valence-electron chi connectivity index (χ1n) is 6.06. The molecule has 4 nitrogen and oxygen atoms in total. The minimum Gasteiger partial charge on any atom is -0.355 e. The highest BCUT2D eigenvalue weighted by atomic mass is 32.1. The van der Waals surface area contributed by atoms with Crippen LogP contribution in [0, 0.1) is 18.8 Å². The van der Waals surface area contributed by atoms with Crippen molar-refractivity contribution in [2.24, 2.45) is 11.8 Å². The molecule has 0 spiro atoms. The molecule has 0 unspecified atom stereocenters. The lowest BCUT2D eigenvalue weighted by Crippen LogP contribution is -2.35. The van der Waals surface area contributed by atoms with Gasteiger partial charge in [-0.25, -0.2) is 4.98 Å². The fraction of sp³-hybridized carbons (Fsp3) is 0.667. The Labute approximate surface area is 106 Å². The molecule has 1 saturated heterocycles. The molecule has 0 saturated carbocycles. The maximum Gasteiger partial charge on any atom is 0.224 e. The molecule has 94 valence electrons. The zero-order chi connectivity index (χ0) is 12.3. The summed E-state index contributed by atoms with van der Waals surface area (Å²) in [5.74, 6) is 0.748. The van der Waals surface area contributed by atoms with Gasteiger partial charge in [-0.15, -0.1) is 11.3 Å². The van der Waals surface area contributed by atoms with Crippen LogP contribution < -0.4 is 10.6 Å². The topological polar surface area (TPSA) is 54.0 Å². The van der Waals surface area contributed by atoms with Gasteiger partial charge in [-0.2, -0.15) is 0 Å². The molecule has 17 heavy (non-hydrogen) atoms. The van der Waals surface area contributed by atoms with E-state index in [9.17, 15) is 4.79 Å². The average Bonchev–Trinajstić information content (AvgIpc) is 2.87. The Morgan fingerprint density at radius 2 is 2.47 bits per heavy atom. The van der Waals surface area contributed by atoms with E-state index >= 15 is 0 Å². The van der Waals surface area contributed by atoms with E-state index in [1.54, 1.807) is 11.3 Å². The Hall–Kier alpha value is -0.940. The van der Waals surface area contributed by atoms with Gasteiger partial charge in [0.1, 0.15) is 0 Å². The molecule has 1 amide bonds. The highest BCUT2D eigenvalue weighted by Crippen LogP contribution is 2.15. The van der Waals surface area contributed by atoms with Crippen LogP contribution in [0.5, 0.6) is 0 Å². The highest BCUT2D eigenvalue weighted by Gasteiger charge is 2.28. The van der Waals surface area contributed by atoms with Gasteiger partial charge in [0.25, 0.3) is 0 Å². The number of nitrogens with zero attached hydrogens (tertiary/aromatic N) is 1. The molecule has 1 aromatic rings. The van der Waals surface area contributed by atoms with Crippen molar-refractivity contribution >= 4 is 17.2 Å². The van der Waals surface area contributed by atoms with Gasteiger partial charge in [-0.1, -0.05) is 6.92 Å². The summed E-state index contributed by atoms with van der Waals surface area (Å²) in [6, 6.07) is 0. The summed E-state index contributed by atoms with van der Waals surface area (Å²) >= 11 is 1.66. The number of aryl methyl sites for hydroxylation is 1. The molecule has 1 aromatic heterocycles. The van der Waals surface area contributed by atoms with Gasteiger partial charge in [0.05, 0.1) is 16.6 Å². The average molecular weight is 253 g/mol. The Kier molecular flexibility index (Phi) is 4.12. The lowest BCUT2D eigenvalue weighted by molar-refractivity contribution is -0.125. The van der Waals surface area contributed by atoms with Crippen molar-refractivity contribution in [1.29, 1.82) is 0 Å². The first-order chi connectivity index (χ1) is 8.16. The largest absolute Gasteiger partial charge is 0.355 e. The van der Waals surface area contributed by atoms with Crippen molar-refractivity contribution in [3.05, 3.63) is 16.1 Å². The second-order valence-corrected chi connectivity index (χ2v) is 5.70. The van der Waals surface area contributed by atoms with E-state index < -0.39 is 0 Å². The molecule has 0 radical (unpaired) electrons. The van der Waals surface area contributed by atoms with E-state index in [4.69, 9.17) is 0 Å². The molecule has 0 bridgehead atoms.